The molecule has 18 heavy (non-hydrogen) atoms. The molecule has 3 nitrogen and oxygen atoms in total. The van der Waals surface area contributed by atoms with E-state index >= 15 is 0 Å². The Morgan fingerprint density at radius 1 is 1.17 bits per heavy atom. The first-order valence-electron chi connectivity index (χ1n) is 6.05. The molecule has 0 spiro atoms. The van der Waals surface area contributed by atoms with Crippen molar-refractivity contribution >= 4 is 0 Å². The summed E-state index contributed by atoms with van der Waals surface area (Å²) in [5.74, 6) is 1.93. The second kappa shape index (κ2) is 4.53. The summed E-state index contributed by atoms with van der Waals surface area (Å²) in [5, 5.41) is 0. The van der Waals surface area contributed by atoms with Gasteiger partial charge in [0.25, 0.3) is 0 Å². The van der Waals surface area contributed by atoms with E-state index in [4.69, 9.17) is 4.42 Å². The van der Waals surface area contributed by atoms with Gasteiger partial charge in [-0.05, 0) is 24.3 Å². The standard InChI is InChI=1S/C15H14N2O/c1-2-15-16-9-10-17(15)13-7-4-3-6-12(13)14-8-5-11-18-14/h3-11H,2H2,1H3. The summed E-state index contributed by atoms with van der Waals surface area (Å²) in [6.07, 6.45) is 6.42. The lowest BCUT2D eigenvalue weighted by Gasteiger charge is -2.10. The number of nitrogens with zero attached hydrogens (tertiary/aromatic N) is 2. The molecule has 0 aliphatic heterocycles. The molecule has 0 unspecified atom stereocenters. The molecule has 0 bridgehead atoms. The van der Waals surface area contributed by atoms with Crippen LogP contribution in [-0.2, 0) is 6.42 Å². The number of rotatable bonds is 3. The number of aromatic nitrogens is 2. The third-order valence-electron chi connectivity index (χ3n) is 2.98. The zero-order valence-electron chi connectivity index (χ0n) is 10.2. The second-order valence-electron chi connectivity index (χ2n) is 4.06. The molecule has 0 aliphatic rings. The van der Waals surface area contributed by atoms with Crippen molar-refractivity contribution in [3.63, 3.8) is 0 Å². The summed E-state index contributed by atoms with van der Waals surface area (Å²) >= 11 is 0. The third kappa shape index (κ3) is 1.74. The maximum absolute atomic E-state index is 5.50. The number of para-hydroxylation sites is 1. The minimum atomic E-state index is 0.876. The molecule has 2 aromatic heterocycles. The minimum absolute atomic E-state index is 0.876. The van der Waals surface area contributed by atoms with Crippen LogP contribution in [0.5, 0.6) is 0 Å². The van der Waals surface area contributed by atoms with Crippen LogP contribution >= 0.6 is 0 Å². The molecule has 0 amide bonds. The number of aryl methyl sites for hydroxylation is 1. The maximum Gasteiger partial charge on any atom is 0.135 e. The van der Waals surface area contributed by atoms with E-state index in [1.165, 1.54) is 0 Å². The average molecular weight is 238 g/mol. The Kier molecular flexibility index (Phi) is 2.73. The number of benzene rings is 1. The molecule has 0 fully saturated rings. The van der Waals surface area contributed by atoms with Gasteiger partial charge < -0.3 is 8.98 Å². The molecule has 3 aromatic rings. The van der Waals surface area contributed by atoms with Crippen LogP contribution < -0.4 is 0 Å². The molecule has 90 valence electrons. The van der Waals surface area contributed by atoms with Crippen LogP contribution in [0.4, 0.5) is 0 Å². The number of hydrogen-bond donors (Lipinski definition) is 0. The summed E-state index contributed by atoms with van der Waals surface area (Å²) in [6, 6.07) is 12.1. The van der Waals surface area contributed by atoms with Crippen molar-refractivity contribution in [2.24, 2.45) is 0 Å². The van der Waals surface area contributed by atoms with Gasteiger partial charge in [0, 0.05) is 24.4 Å². The normalized spacial score (nSPS) is 10.7. The third-order valence-corrected chi connectivity index (χ3v) is 2.98. The zero-order chi connectivity index (χ0) is 12.4. The van der Waals surface area contributed by atoms with Crippen LogP contribution in [-0.4, -0.2) is 9.55 Å². The monoisotopic (exact) mass is 238 g/mol. The predicted molar refractivity (Wildman–Crippen MR) is 70.6 cm³/mol. The van der Waals surface area contributed by atoms with E-state index in [2.05, 4.69) is 28.6 Å². The van der Waals surface area contributed by atoms with Gasteiger partial charge in [-0.25, -0.2) is 4.98 Å². The van der Waals surface area contributed by atoms with Crippen molar-refractivity contribution in [3.8, 4) is 17.0 Å². The number of imidazole rings is 1. The minimum Gasteiger partial charge on any atom is -0.464 e. The highest BCUT2D eigenvalue weighted by atomic mass is 16.3. The summed E-state index contributed by atoms with van der Waals surface area (Å²) in [7, 11) is 0. The Morgan fingerprint density at radius 2 is 2.06 bits per heavy atom. The van der Waals surface area contributed by atoms with Gasteiger partial charge in [-0.15, -0.1) is 0 Å². The molecule has 0 radical (unpaired) electrons. The zero-order valence-corrected chi connectivity index (χ0v) is 10.2. The second-order valence-corrected chi connectivity index (χ2v) is 4.06. The summed E-state index contributed by atoms with van der Waals surface area (Å²) < 4.78 is 7.61. The molecule has 1 aromatic carbocycles. The van der Waals surface area contributed by atoms with Gasteiger partial charge in [-0.1, -0.05) is 19.1 Å². The van der Waals surface area contributed by atoms with E-state index in [9.17, 15) is 0 Å². The first-order valence-corrected chi connectivity index (χ1v) is 6.05. The molecule has 2 heterocycles. The van der Waals surface area contributed by atoms with Crippen molar-refractivity contribution in [1.29, 1.82) is 0 Å². The first-order chi connectivity index (χ1) is 8.90. The Bertz CT molecular complexity index is 638. The Labute approximate surface area is 106 Å². The lowest BCUT2D eigenvalue weighted by Crippen LogP contribution is -2.00. The average Bonchev–Trinajstić information content (AvgIpc) is 3.09. The largest absolute Gasteiger partial charge is 0.464 e. The van der Waals surface area contributed by atoms with E-state index in [0.717, 1.165) is 29.3 Å². The van der Waals surface area contributed by atoms with Gasteiger partial charge in [-0.3, -0.25) is 0 Å². The molecule has 0 aliphatic carbocycles. The van der Waals surface area contributed by atoms with Crippen molar-refractivity contribution in [3.05, 3.63) is 60.9 Å². The molecule has 0 saturated heterocycles. The van der Waals surface area contributed by atoms with Gasteiger partial charge >= 0.3 is 0 Å². The SMILES string of the molecule is CCc1nccn1-c1ccccc1-c1ccco1. The highest BCUT2D eigenvalue weighted by Gasteiger charge is 2.10. The molecule has 3 rings (SSSR count). The summed E-state index contributed by atoms with van der Waals surface area (Å²) in [4.78, 5) is 4.37. The topological polar surface area (TPSA) is 31.0 Å². The lowest BCUT2D eigenvalue weighted by molar-refractivity contribution is 0.582. The Balaban J connectivity index is 2.19. The van der Waals surface area contributed by atoms with Crippen molar-refractivity contribution in [2.75, 3.05) is 0 Å². The van der Waals surface area contributed by atoms with Crippen LogP contribution in [0.15, 0.2) is 59.5 Å². The molecular formula is C15H14N2O. The van der Waals surface area contributed by atoms with Gasteiger partial charge in [0.05, 0.1) is 12.0 Å². The van der Waals surface area contributed by atoms with Crippen molar-refractivity contribution in [1.82, 2.24) is 9.55 Å². The van der Waals surface area contributed by atoms with Crippen molar-refractivity contribution < 1.29 is 4.42 Å². The van der Waals surface area contributed by atoms with E-state index in [-0.39, 0.29) is 0 Å². The van der Waals surface area contributed by atoms with Crippen LogP contribution in [0.2, 0.25) is 0 Å². The first kappa shape index (κ1) is 10.8. The van der Waals surface area contributed by atoms with Crippen LogP contribution in [0.3, 0.4) is 0 Å². The van der Waals surface area contributed by atoms with Crippen LogP contribution in [0, 0.1) is 0 Å². The smallest absolute Gasteiger partial charge is 0.135 e. The molecule has 0 atom stereocenters. The fraction of sp³-hybridized carbons (Fsp3) is 0.133. The van der Waals surface area contributed by atoms with E-state index in [0.29, 0.717) is 0 Å². The van der Waals surface area contributed by atoms with Crippen LogP contribution in [0.1, 0.15) is 12.7 Å². The Hall–Kier alpha value is -2.29. The lowest BCUT2D eigenvalue weighted by atomic mass is 10.1. The van der Waals surface area contributed by atoms with Crippen molar-refractivity contribution in [2.45, 2.75) is 13.3 Å². The van der Waals surface area contributed by atoms with Gasteiger partial charge in [-0.2, -0.15) is 0 Å². The predicted octanol–water partition coefficient (Wildman–Crippen LogP) is 3.69. The van der Waals surface area contributed by atoms with Gasteiger partial charge in [0.2, 0.25) is 0 Å². The Morgan fingerprint density at radius 3 is 2.83 bits per heavy atom. The molecule has 0 N–H and O–H groups in total. The van der Waals surface area contributed by atoms with Gasteiger partial charge in [0.15, 0.2) is 0 Å². The highest BCUT2D eigenvalue weighted by Crippen LogP contribution is 2.27. The summed E-state index contributed by atoms with van der Waals surface area (Å²) in [5.41, 5.74) is 2.18. The van der Waals surface area contributed by atoms with Gasteiger partial charge in [0.1, 0.15) is 11.6 Å². The molecule has 0 saturated carbocycles. The number of hydrogen-bond acceptors (Lipinski definition) is 2. The fourth-order valence-electron chi connectivity index (χ4n) is 2.14. The van der Waals surface area contributed by atoms with E-state index in [1.807, 2.05) is 36.7 Å². The molecule has 3 heteroatoms. The number of furan rings is 1. The maximum atomic E-state index is 5.50. The molecular weight excluding hydrogens is 224 g/mol. The van der Waals surface area contributed by atoms with E-state index in [1.54, 1.807) is 6.26 Å². The summed E-state index contributed by atoms with van der Waals surface area (Å²) in [6.45, 7) is 2.11. The van der Waals surface area contributed by atoms with Crippen LogP contribution in [0.25, 0.3) is 17.0 Å². The van der Waals surface area contributed by atoms with E-state index < -0.39 is 0 Å². The fourth-order valence-corrected chi connectivity index (χ4v) is 2.14. The quantitative estimate of drug-likeness (QED) is 0.696. The highest BCUT2D eigenvalue weighted by molar-refractivity contribution is 5.69.